The lowest BCUT2D eigenvalue weighted by Gasteiger charge is -2.08. The van der Waals surface area contributed by atoms with Crippen LogP contribution in [0.15, 0.2) is 36.4 Å². The summed E-state index contributed by atoms with van der Waals surface area (Å²) >= 11 is 0. The molecule has 5 heteroatoms. The van der Waals surface area contributed by atoms with Crippen molar-refractivity contribution in [2.45, 2.75) is 13.3 Å². The van der Waals surface area contributed by atoms with Gasteiger partial charge >= 0.3 is 0 Å². The molecular formula is C15H17N3O2. The van der Waals surface area contributed by atoms with E-state index in [9.17, 15) is 4.79 Å². The van der Waals surface area contributed by atoms with Crippen LogP contribution in [0, 0.1) is 6.92 Å². The van der Waals surface area contributed by atoms with Gasteiger partial charge in [0.05, 0.1) is 24.9 Å². The second-order valence-electron chi connectivity index (χ2n) is 4.44. The van der Waals surface area contributed by atoms with E-state index in [0.29, 0.717) is 23.6 Å². The van der Waals surface area contributed by atoms with E-state index < -0.39 is 0 Å². The first-order chi connectivity index (χ1) is 9.58. The molecule has 0 saturated carbocycles. The van der Waals surface area contributed by atoms with Gasteiger partial charge in [0.2, 0.25) is 5.91 Å². The molecule has 5 nitrogen and oxygen atoms in total. The highest BCUT2D eigenvalue weighted by Crippen LogP contribution is 2.15. The summed E-state index contributed by atoms with van der Waals surface area (Å²) in [6, 6.07) is 10.8. The largest absolute Gasteiger partial charge is 0.497 e. The highest BCUT2D eigenvalue weighted by atomic mass is 16.5. The van der Waals surface area contributed by atoms with Crippen molar-refractivity contribution in [2.75, 3.05) is 18.2 Å². The number of methoxy groups -OCH3 is 1. The van der Waals surface area contributed by atoms with E-state index in [4.69, 9.17) is 10.5 Å². The Morgan fingerprint density at radius 2 is 1.95 bits per heavy atom. The van der Waals surface area contributed by atoms with Crippen molar-refractivity contribution in [3.63, 3.8) is 0 Å². The first-order valence-electron chi connectivity index (χ1n) is 6.24. The van der Waals surface area contributed by atoms with Gasteiger partial charge in [0.25, 0.3) is 0 Å². The number of benzene rings is 1. The number of aromatic nitrogens is 1. The molecule has 0 aliphatic heterocycles. The molecule has 1 aromatic carbocycles. The van der Waals surface area contributed by atoms with Gasteiger partial charge in [-0.3, -0.25) is 4.79 Å². The van der Waals surface area contributed by atoms with Gasteiger partial charge in [-0.2, -0.15) is 0 Å². The molecule has 1 aromatic heterocycles. The van der Waals surface area contributed by atoms with Crippen LogP contribution in [0.5, 0.6) is 5.75 Å². The molecule has 1 heterocycles. The van der Waals surface area contributed by atoms with Crippen molar-refractivity contribution < 1.29 is 9.53 Å². The Kier molecular flexibility index (Phi) is 4.20. The predicted octanol–water partition coefficient (Wildman–Crippen LogP) is 2.16. The zero-order chi connectivity index (χ0) is 14.5. The number of nitrogens with two attached hydrogens (primary N) is 1. The van der Waals surface area contributed by atoms with Gasteiger partial charge in [0.15, 0.2) is 0 Å². The minimum absolute atomic E-state index is 0.0927. The maximum atomic E-state index is 12.0. The Morgan fingerprint density at radius 1 is 1.25 bits per heavy atom. The van der Waals surface area contributed by atoms with Gasteiger partial charge < -0.3 is 15.8 Å². The number of rotatable bonds is 4. The summed E-state index contributed by atoms with van der Waals surface area (Å²) in [5.74, 6) is 1.12. The van der Waals surface area contributed by atoms with Crippen LogP contribution in [0.4, 0.5) is 11.5 Å². The number of carbonyl (C=O) groups is 1. The summed E-state index contributed by atoms with van der Waals surface area (Å²) in [6.07, 6.45) is 0.299. The SMILES string of the molecule is COc1ccc(CC(=O)Nc2ccc(N)nc2C)cc1. The second-order valence-corrected chi connectivity index (χ2v) is 4.44. The molecule has 1 amide bonds. The molecule has 0 aliphatic carbocycles. The first-order valence-corrected chi connectivity index (χ1v) is 6.24. The van der Waals surface area contributed by atoms with Gasteiger partial charge in [-0.25, -0.2) is 4.98 Å². The Hall–Kier alpha value is -2.56. The van der Waals surface area contributed by atoms with E-state index >= 15 is 0 Å². The maximum absolute atomic E-state index is 12.0. The van der Waals surface area contributed by atoms with Crippen LogP contribution in [0.3, 0.4) is 0 Å². The molecule has 0 saturated heterocycles. The second kappa shape index (κ2) is 6.06. The molecule has 0 unspecified atom stereocenters. The van der Waals surface area contributed by atoms with Crippen LogP contribution in [0.2, 0.25) is 0 Å². The summed E-state index contributed by atoms with van der Waals surface area (Å²) in [5.41, 5.74) is 7.87. The number of carbonyl (C=O) groups excluding carboxylic acids is 1. The summed E-state index contributed by atoms with van der Waals surface area (Å²) in [6.45, 7) is 1.80. The van der Waals surface area contributed by atoms with Crippen molar-refractivity contribution in [3.8, 4) is 5.75 Å². The van der Waals surface area contributed by atoms with Crippen molar-refractivity contribution in [2.24, 2.45) is 0 Å². The van der Waals surface area contributed by atoms with Crippen LogP contribution in [0.1, 0.15) is 11.3 Å². The monoisotopic (exact) mass is 271 g/mol. The fourth-order valence-corrected chi connectivity index (χ4v) is 1.84. The zero-order valence-corrected chi connectivity index (χ0v) is 11.5. The normalized spacial score (nSPS) is 10.1. The molecule has 0 spiro atoms. The fraction of sp³-hybridized carbons (Fsp3) is 0.200. The van der Waals surface area contributed by atoms with Crippen molar-refractivity contribution in [3.05, 3.63) is 47.7 Å². The highest BCUT2D eigenvalue weighted by Gasteiger charge is 2.07. The van der Waals surface area contributed by atoms with Gasteiger partial charge in [0, 0.05) is 0 Å². The average molecular weight is 271 g/mol. The zero-order valence-electron chi connectivity index (χ0n) is 11.5. The number of pyridine rings is 1. The third-order valence-electron chi connectivity index (χ3n) is 2.91. The van der Waals surface area contributed by atoms with Crippen LogP contribution in [-0.4, -0.2) is 18.0 Å². The standard InChI is InChI=1S/C15H17N3O2/c1-10-13(7-8-14(16)17-10)18-15(19)9-11-3-5-12(20-2)6-4-11/h3-8H,9H2,1-2H3,(H2,16,17)(H,18,19). The molecule has 0 atom stereocenters. The van der Waals surface area contributed by atoms with E-state index in [-0.39, 0.29) is 5.91 Å². The Morgan fingerprint density at radius 3 is 2.55 bits per heavy atom. The summed E-state index contributed by atoms with van der Waals surface area (Å²) < 4.78 is 5.08. The van der Waals surface area contributed by atoms with Crippen LogP contribution < -0.4 is 15.8 Å². The Bertz CT molecular complexity index is 609. The summed E-state index contributed by atoms with van der Waals surface area (Å²) in [4.78, 5) is 16.1. The smallest absolute Gasteiger partial charge is 0.228 e. The van der Waals surface area contributed by atoms with E-state index in [0.717, 1.165) is 11.3 Å². The molecule has 0 aliphatic rings. The van der Waals surface area contributed by atoms with Crippen LogP contribution >= 0.6 is 0 Å². The van der Waals surface area contributed by atoms with Gasteiger partial charge in [-0.05, 0) is 36.8 Å². The van der Waals surface area contributed by atoms with E-state index in [1.165, 1.54) is 0 Å². The Balaban J connectivity index is 2.01. The fourth-order valence-electron chi connectivity index (χ4n) is 1.84. The molecule has 20 heavy (non-hydrogen) atoms. The number of anilines is 2. The number of aryl methyl sites for hydroxylation is 1. The van der Waals surface area contributed by atoms with Crippen LogP contribution in [0.25, 0.3) is 0 Å². The number of ether oxygens (including phenoxy) is 1. The molecular weight excluding hydrogens is 254 g/mol. The lowest BCUT2D eigenvalue weighted by molar-refractivity contribution is -0.115. The van der Waals surface area contributed by atoms with Gasteiger partial charge in [-0.1, -0.05) is 12.1 Å². The molecule has 0 radical (unpaired) electrons. The number of nitrogens with zero attached hydrogens (tertiary/aromatic N) is 1. The molecule has 2 aromatic rings. The number of nitrogen functional groups attached to an aromatic ring is 1. The van der Waals surface area contributed by atoms with Crippen molar-refractivity contribution in [1.82, 2.24) is 4.98 Å². The summed E-state index contributed by atoms with van der Waals surface area (Å²) in [7, 11) is 1.61. The minimum Gasteiger partial charge on any atom is -0.497 e. The summed E-state index contributed by atoms with van der Waals surface area (Å²) in [5, 5.41) is 2.83. The number of amides is 1. The number of hydrogen-bond donors (Lipinski definition) is 2. The van der Waals surface area contributed by atoms with E-state index in [1.807, 2.05) is 24.3 Å². The van der Waals surface area contributed by atoms with Gasteiger partial charge in [-0.15, -0.1) is 0 Å². The third kappa shape index (κ3) is 3.47. The quantitative estimate of drug-likeness (QED) is 0.893. The van der Waals surface area contributed by atoms with E-state index in [1.54, 1.807) is 26.2 Å². The topological polar surface area (TPSA) is 77.2 Å². The van der Waals surface area contributed by atoms with Crippen molar-refractivity contribution in [1.29, 1.82) is 0 Å². The lowest BCUT2D eigenvalue weighted by Crippen LogP contribution is -2.15. The van der Waals surface area contributed by atoms with Crippen LogP contribution in [-0.2, 0) is 11.2 Å². The molecule has 104 valence electrons. The van der Waals surface area contributed by atoms with Crippen molar-refractivity contribution >= 4 is 17.4 Å². The Labute approximate surface area is 117 Å². The minimum atomic E-state index is -0.0927. The maximum Gasteiger partial charge on any atom is 0.228 e. The molecule has 0 fully saturated rings. The van der Waals surface area contributed by atoms with Gasteiger partial charge in [0.1, 0.15) is 11.6 Å². The third-order valence-corrected chi connectivity index (χ3v) is 2.91. The molecule has 0 bridgehead atoms. The average Bonchev–Trinajstić information content (AvgIpc) is 2.43. The molecule has 3 N–H and O–H groups in total. The number of hydrogen-bond acceptors (Lipinski definition) is 4. The number of nitrogens with one attached hydrogen (secondary N) is 1. The molecule has 2 rings (SSSR count). The first kappa shape index (κ1) is 13.9. The lowest BCUT2D eigenvalue weighted by atomic mass is 10.1. The highest BCUT2D eigenvalue weighted by molar-refractivity contribution is 5.92. The predicted molar refractivity (Wildman–Crippen MR) is 78.7 cm³/mol. The van der Waals surface area contributed by atoms with E-state index in [2.05, 4.69) is 10.3 Å².